The molecule has 2 aromatic heterocycles. The third kappa shape index (κ3) is 2.52. The van der Waals surface area contributed by atoms with Gasteiger partial charge in [0.05, 0.1) is 24.1 Å². The first kappa shape index (κ1) is 14.4. The molecule has 0 fully saturated rings. The molecule has 0 aliphatic rings. The monoisotopic (exact) mass is 338 g/mol. The zero-order valence-corrected chi connectivity index (χ0v) is 13.7. The first-order valence-electron chi connectivity index (χ1n) is 6.07. The summed E-state index contributed by atoms with van der Waals surface area (Å²) in [4.78, 5) is 13.3. The predicted octanol–water partition coefficient (Wildman–Crippen LogP) is 4.86. The van der Waals surface area contributed by atoms with Crippen LogP contribution in [0.5, 0.6) is 11.5 Å². The Morgan fingerprint density at radius 2 is 1.81 bits per heavy atom. The van der Waals surface area contributed by atoms with Crippen molar-refractivity contribution < 1.29 is 14.3 Å². The number of hydrogen-bond donors (Lipinski definition) is 0. The van der Waals surface area contributed by atoms with Crippen LogP contribution in [0.1, 0.15) is 15.2 Å². The van der Waals surface area contributed by atoms with Crippen molar-refractivity contribution in [3.05, 3.63) is 45.1 Å². The molecule has 0 atom stereocenters. The lowest BCUT2D eigenvalue weighted by Gasteiger charge is -2.10. The molecule has 108 valence electrons. The Balaban J connectivity index is 2.06. The molecule has 0 aliphatic heterocycles. The molecule has 0 spiro atoms. The molecule has 0 radical (unpaired) electrons. The van der Waals surface area contributed by atoms with E-state index in [-0.39, 0.29) is 5.78 Å². The van der Waals surface area contributed by atoms with Gasteiger partial charge in [-0.05, 0) is 23.6 Å². The second-order valence-electron chi connectivity index (χ2n) is 4.28. The quantitative estimate of drug-likeness (QED) is 0.637. The van der Waals surface area contributed by atoms with E-state index in [1.165, 1.54) is 25.6 Å². The van der Waals surface area contributed by atoms with Gasteiger partial charge in [-0.15, -0.1) is 22.7 Å². The van der Waals surface area contributed by atoms with Crippen LogP contribution in [-0.2, 0) is 0 Å². The van der Waals surface area contributed by atoms with Crippen molar-refractivity contribution in [3.8, 4) is 11.5 Å². The van der Waals surface area contributed by atoms with Crippen LogP contribution in [0.15, 0.2) is 29.6 Å². The maximum Gasteiger partial charge on any atom is 0.204 e. The van der Waals surface area contributed by atoms with Crippen molar-refractivity contribution in [2.45, 2.75) is 0 Å². The van der Waals surface area contributed by atoms with Gasteiger partial charge in [0.2, 0.25) is 5.78 Å². The Morgan fingerprint density at radius 1 is 1.10 bits per heavy atom. The SMILES string of the molecule is COc1cc(Cl)c(C(=O)c2cc3sccc3s2)cc1OC. The van der Waals surface area contributed by atoms with Crippen LogP contribution < -0.4 is 9.47 Å². The standard InChI is InChI=1S/C15H11ClO3S2/c1-18-10-5-8(9(16)6-11(10)19-2)15(17)14-7-13-12(21-14)3-4-20-13/h3-7H,1-2H3. The number of fused-ring (bicyclic) bond motifs is 1. The van der Waals surface area contributed by atoms with E-state index in [9.17, 15) is 4.79 Å². The predicted molar refractivity (Wildman–Crippen MR) is 87.7 cm³/mol. The van der Waals surface area contributed by atoms with Crippen LogP contribution >= 0.6 is 34.3 Å². The first-order chi connectivity index (χ1) is 10.1. The average Bonchev–Trinajstić information content (AvgIpc) is 3.07. The largest absolute Gasteiger partial charge is 0.493 e. The molecule has 0 amide bonds. The molecule has 3 rings (SSSR count). The highest BCUT2D eigenvalue weighted by Gasteiger charge is 2.19. The number of thiophene rings is 2. The molecule has 1 aromatic carbocycles. The zero-order valence-electron chi connectivity index (χ0n) is 11.3. The zero-order chi connectivity index (χ0) is 15.0. The van der Waals surface area contributed by atoms with Crippen LogP contribution in [0.25, 0.3) is 9.40 Å². The fourth-order valence-electron chi connectivity index (χ4n) is 2.04. The summed E-state index contributed by atoms with van der Waals surface area (Å²) in [6.45, 7) is 0. The summed E-state index contributed by atoms with van der Waals surface area (Å²) in [5.74, 6) is 0.893. The minimum absolute atomic E-state index is 0.102. The molecule has 0 unspecified atom stereocenters. The van der Waals surface area contributed by atoms with Gasteiger partial charge in [0.15, 0.2) is 11.5 Å². The highest BCUT2D eigenvalue weighted by Crippen LogP contribution is 2.36. The number of rotatable bonds is 4. The molecule has 2 heterocycles. The Hall–Kier alpha value is -1.56. The van der Waals surface area contributed by atoms with E-state index < -0.39 is 0 Å². The third-order valence-electron chi connectivity index (χ3n) is 3.08. The molecule has 21 heavy (non-hydrogen) atoms. The van der Waals surface area contributed by atoms with E-state index in [0.29, 0.717) is 27.0 Å². The summed E-state index contributed by atoms with van der Waals surface area (Å²) in [6, 6.07) is 7.14. The van der Waals surface area contributed by atoms with E-state index >= 15 is 0 Å². The van der Waals surface area contributed by atoms with Crippen molar-refractivity contribution in [3.63, 3.8) is 0 Å². The minimum atomic E-state index is -0.102. The van der Waals surface area contributed by atoms with Crippen LogP contribution in [0.2, 0.25) is 5.02 Å². The fraction of sp³-hybridized carbons (Fsp3) is 0.133. The van der Waals surface area contributed by atoms with E-state index in [1.807, 2.05) is 17.5 Å². The minimum Gasteiger partial charge on any atom is -0.493 e. The van der Waals surface area contributed by atoms with Gasteiger partial charge in [-0.1, -0.05) is 11.6 Å². The second-order valence-corrected chi connectivity index (χ2v) is 6.71. The van der Waals surface area contributed by atoms with Crippen LogP contribution in [-0.4, -0.2) is 20.0 Å². The average molecular weight is 339 g/mol. The summed E-state index contributed by atoms with van der Waals surface area (Å²) in [6.07, 6.45) is 0. The van der Waals surface area contributed by atoms with Gasteiger partial charge in [-0.25, -0.2) is 0 Å². The number of benzene rings is 1. The molecule has 0 saturated carbocycles. The van der Waals surface area contributed by atoms with Crippen molar-refractivity contribution in [1.29, 1.82) is 0 Å². The normalized spacial score (nSPS) is 10.8. The maximum atomic E-state index is 12.6. The van der Waals surface area contributed by atoms with E-state index in [2.05, 4.69) is 0 Å². The maximum absolute atomic E-state index is 12.6. The smallest absolute Gasteiger partial charge is 0.204 e. The lowest BCUT2D eigenvalue weighted by atomic mass is 10.1. The molecule has 0 bridgehead atoms. The van der Waals surface area contributed by atoms with Gasteiger partial charge in [-0.3, -0.25) is 4.79 Å². The van der Waals surface area contributed by atoms with Gasteiger partial charge in [0, 0.05) is 21.0 Å². The van der Waals surface area contributed by atoms with E-state index in [1.54, 1.807) is 23.5 Å². The number of ketones is 1. The molecule has 0 N–H and O–H groups in total. The molecule has 0 aliphatic carbocycles. The Kier molecular flexibility index (Phi) is 3.89. The van der Waals surface area contributed by atoms with Crippen molar-refractivity contribution >= 4 is 49.5 Å². The summed E-state index contributed by atoms with van der Waals surface area (Å²) in [5.41, 5.74) is 0.420. The summed E-state index contributed by atoms with van der Waals surface area (Å²) >= 11 is 9.29. The van der Waals surface area contributed by atoms with Gasteiger partial charge < -0.3 is 9.47 Å². The molecule has 3 aromatic rings. The molecular formula is C15H11ClO3S2. The highest BCUT2D eigenvalue weighted by molar-refractivity contribution is 7.28. The van der Waals surface area contributed by atoms with Crippen molar-refractivity contribution in [2.24, 2.45) is 0 Å². The topological polar surface area (TPSA) is 35.5 Å². The number of halogens is 1. The number of hydrogen-bond acceptors (Lipinski definition) is 5. The number of carbonyl (C=O) groups excluding carboxylic acids is 1. The van der Waals surface area contributed by atoms with Crippen molar-refractivity contribution in [1.82, 2.24) is 0 Å². The Labute approximate surface area is 134 Å². The van der Waals surface area contributed by atoms with Gasteiger partial charge >= 0.3 is 0 Å². The van der Waals surface area contributed by atoms with Gasteiger partial charge in [0.25, 0.3) is 0 Å². The molecular weight excluding hydrogens is 328 g/mol. The van der Waals surface area contributed by atoms with E-state index in [4.69, 9.17) is 21.1 Å². The second kappa shape index (κ2) is 5.67. The molecule has 0 saturated heterocycles. The third-order valence-corrected chi connectivity index (χ3v) is 5.49. The molecule has 3 nitrogen and oxygen atoms in total. The Bertz CT molecular complexity index is 791. The number of carbonyl (C=O) groups is 1. The van der Waals surface area contributed by atoms with E-state index in [0.717, 1.165) is 9.40 Å². The Morgan fingerprint density at radius 3 is 2.48 bits per heavy atom. The summed E-state index contributed by atoms with van der Waals surface area (Å²) in [7, 11) is 3.06. The number of ether oxygens (including phenoxy) is 2. The van der Waals surface area contributed by atoms with Crippen LogP contribution in [0.3, 0.4) is 0 Å². The lowest BCUT2D eigenvalue weighted by Crippen LogP contribution is -2.01. The molecule has 6 heteroatoms. The fourth-order valence-corrected chi connectivity index (χ4v) is 4.34. The van der Waals surface area contributed by atoms with Gasteiger partial charge in [0.1, 0.15) is 0 Å². The highest BCUT2D eigenvalue weighted by atomic mass is 35.5. The first-order valence-corrected chi connectivity index (χ1v) is 8.14. The van der Waals surface area contributed by atoms with Crippen LogP contribution in [0, 0.1) is 0 Å². The number of methoxy groups -OCH3 is 2. The lowest BCUT2D eigenvalue weighted by molar-refractivity contribution is 0.104. The summed E-state index contributed by atoms with van der Waals surface area (Å²) < 4.78 is 12.6. The van der Waals surface area contributed by atoms with Gasteiger partial charge in [-0.2, -0.15) is 0 Å². The van der Waals surface area contributed by atoms with Crippen molar-refractivity contribution in [2.75, 3.05) is 14.2 Å². The summed E-state index contributed by atoms with van der Waals surface area (Å²) in [5, 5.41) is 2.37. The van der Waals surface area contributed by atoms with Crippen LogP contribution in [0.4, 0.5) is 0 Å².